The Hall–Kier alpha value is -2.58. The van der Waals surface area contributed by atoms with E-state index < -0.39 is 30.0 Å². The minimum Gasteiger partial charge on any atom is -0.481 e. The van der Waals surface area contributed by atoms with E-state index >= 15 is 0 Å². The highest BCUT2D eigenvalue weighted by Crippen LogP contribution is 2.31. The number of hydrogen-bond donors (Lipinski definition) is 1. The van der Waals surface area contributed by atoms with E-state index in [9.17, 15) is 22.8 Å². The lowest BCUT2D eigenvalue weighted by atomic mass is 10.1. The highest BCUT2D eigenvalue weighted by atomic mass is 19.4. The number of methoxy groups -OCH3 is 1. The maximum Gasteiger partial charge on any atom is 0.435 e. The Morgan fingerprint density at radius 2 is 2.00 bits per heavy atom. The molecule has 0 atom stereocenters. The third-order valence-corrected chi connectivity index (χ3v) is 2.95. The van der Waals surface area contributed by atoms with Crippen LogP contribution < -0.4 is 4.74 Å². The summed E-state index contributed by atoms with van der Waals surface area (Å²) in [5.74, 6) is -1.72. The number of aromatic nitrogens is 2. The summed E-state index contributed by atoms with van der Waals surface area (Å²) in [7, 11) is 1.26. The van der Waals surface area contributed by atoms with E-state index in [-0.39, 0.29) is 23.4 Å². The van der Waals surface area contributed by atoms with Crippen LogP contribution in [0.5, 0.6) is 5.88 Å². The molecule has 118 valence electrons. The van der Waals surface area contributed by atoms with Crippen LogP contribution in [0.3, 0.4) is 0 Å². The second-order valence-corrected chi connectivity index (χ2v) is 4.43. The number of hydrogen-bond acceptors (Lipinski definition) is 4. The van der Waals surface area contributed by atoms with Crippen LogP contribution in [0.1, 0.15) is 28.9 Å². The number of pyridine rings is 1. The molecule has 0 unspecified atom stereocenters. The summed E-state index contributed by atoms with van der Waals surface area (Å²) < 4.78 is 44.1. The number of rotatable bonds is 5. The summed E-state index contributed by atoms with van der Waals surface area (Å²) in [4.78, 5) is 22.5. The van der Waals surface area contributed by atoms with Gasteiger partial charge in [0.05, 0.1) is 19.0 Å². The fraction of sp³-hybridized carbons (Fsp3) is 0.308. The highest BCUT2D eigenvalue weighted by molar-refractivity contribution is 6.03. The minimum absolute atomic E-state index is 0.0280. The number of halogens is 3. The monoisotopic (exact) mass is 316 g/mol. The van der Waals surface area contributed by atoms with Crippen molar-refractivity contribution in [2.75, 3.05) is 7.11 Å². The maximum absolute atomic E-state index is 12.8. The number of alkyl halides is 3. The first-order chi connectivity index (χ1) is 10.2. The fourth-order valence-corrected chi connectivity index (χ4v) is 1.94. The van der Waals surface area contributed by atoms with Gasteiger partial charge in [-0.3, -0.25) is 9.59 Å². The van der Waals surface area contributed by atoms with Crippen LogP contribution in [0.4, 0.5) is 13.2 Å². The summed E-state index contributed by atoms with van der Waals surface area (Å²) in [6.07, 6.45) is -5.39. The molecular weight excluding hydrogens is 305 g/mol. The van der Waals surface area contributed by atoms with Crippen molar-refractivity contribution in [3.8, 4) is 5.88 Å². The summed E-state index contributed by atoms with van der Waals surface area (Å²) in [6, 6.07) is 3.32. The standard InChI is InChI=1S/C13H11F3N2O4/c1-22-11-4-2-7(9(19)3-5-12(20)21)8-6-10(13(14,15)16)17-18(8)11/h2,4,6H,3,5H2,1H3,(H,20,21). The van der Waals surface area contributed by atoms with Gasteiger partial charge in [-0.1, -0.05) is 0 Å². The van der Waals surface area contributed by atoms with E-state index in [4.69, 9.17) is 9.84 Å². The largest absolute Gasteiger partial charge is 0.481 e. The van der Waals surface area contributed by atoms with Gasteiger partial charge in [-0.05, 0) is 12.1 Å². The summed E-state index contributed by atoms with van der Waals surface area (Å²) >= 11 is 0. The number of ketones is 1. The molecular formula is C13H11F3N2O4. The minimum atomic E-state index is -4.67. The summed E-state index contributed by atoms with van der Waals surface area (Å²) in [5.41, 5.74) is -1.28. The molecule has 0 saturated carbocycles. The molecule has 0 amide bonds. The Morgan fingerprint density at radius 1 is 1.32 bits per heavy atom. The SMILES string of the molecule is COc1ccc(C(=O)CCC(=O)O)c2cc(C(F)(F)F)nn12. The molecule has 0 aliphatic heterocycles. The van der Waals surface area contributed by atoms with Gasteiger partial charge in [0.15, 0.2) is 11.5 Å². The second-order valence-electron chi connectivity index (χ2n) is 4.43. The predicted octanol–water partition coefficient (Wildman–Crippen LogP) is 2.41. The number of aliphatic carboxylic acids is 1. The number of carbonyl (C=O) groups is 2. The number of carboxylic acids is 1. The normalized spacial score (nSPS) is 11.6. The van der Waals surface area contributed by atoms with E-state index in [2.05, 4.69) is 5.10 Å². The van der Waals surface area contributed by atoms with Gasteiger partial charge in [-0.2, -0.15) is 22.8 Å². The topological polar surface area (TPSA) is 80.9 Å². The molecule has 1 N–H and O–H groups in total. The van der Waals surface area contributed by atoms with E-state index in [0.29, 0.717) is 0 Å². The molecule has 0 bridgehead atoms. The van der Waals surface area contributed by atoms with Crippen molar-refractivity contribution in [1.29, 1.82) is 0 Å². The van der Waals surface area contributed by atoms with Crippen LogP contribution in [-0.4, -0.2) is 33.6 Å². The molecule has 22 heavy (non-hydrogen) atoms. The van der Waals surface area contributed by atoms with E-state index in [0.717, 1.165) is 10.6 Å². The highest BCUT2D eigenvalue weighted by Gasteiger charge is 2.35. The molecule has 0 fully saturated rings. The summed E-state index contributed by atoms with van der Waals surface area (Å²) in [5, 5.41) is 12.0. The van der Waals surface area contributed by atoms with Crippen LogP contribution in [-0.2, 0) is 11.0 Å². The molecule has 0 aliphatic carbocycles. The third kappa shape index (κ3) is 3.02. The van der Waals surface area contributed by atoms with Crippen molar-refractivity contribution in [3.05, 3.63) is 29.5 Å². The van der Waals surface area contributed by atoms with Gasteiger partial charge in [0.1, 0.15) is 0 Å². The average molecular weight is 316 g/mol. The number of carboxylic acid groups (broad SMARTS) is 1. The molecule has 0 saturated heterocycles. The third-order valence-electron chi connectivity index (χ3n) is 2.95. The number of nitrogens with zero attached hydrogens (tertiary/aromatic N) is 2. The van der Waals surface area contributed by atoms with Crippen molar-refractivity contribution in [3.63, 3.8) is 0 Å². The van der Waals surface area contributed by atoms with Crippen LogP contribution in [0, 0.1) is 0 Å². The van der Waals surface area contributed by atoms with Crippen LogP contribution in [0.15, 0.2) is 18.2 Å². The Kier molecular flexibility index (Phi) is 4.07. The molecule has 2 aromatic heterocycles. The molecule has 0 aromatic carbocycles. The van der Waals surface area contributed by atoms with Crippen molar-refractivity contribution in [2.24, 2.45) is 0 Å². The Bertz CT molecular complexity index is 737. The smallest absolute Gasteiger partial charge is 0.435 e. The Morgan fingerprint density at radius 3 is 2.55 bits per heavy atom. The zero-order valence-electron chi connectivity index (χ0n) is 11.3. The predicted molar refractivity (Wildman–Crippen MR) is 67.9 cm³/mol. The Labute approximate surface area is 122 Å². The lowest BCUT2D eigenvalue weighted by Crippen LogP contribution is -2.07. The molecule has 0 aliphatic rings. The molecule has 2 rings (SSSR count). The maximum atomic E-state index is 12.8. The Balaban J connectivity index is 2.53. The average Bonchev–Trinajstić information content (AvgIpc) is 2.88. The van der Waals surface area contributed by atoms with Gasteiger partial charge in [0, 0.05) is 18.1 Å². The van der Waals surface area contributed by atoms with Gasteiger partial charge in [0.25, 0.3) is 0 Å². The first-order valence-corrected chi connectivity index (χ1v) is 6.13. The molecule has 9 heteroatoms. The van der Waals surface area contributed by atoms with Crippen molar-refractivity contribution < 1.29 is 32.6 Å². The van der Waals surface area contributed by atoms with Crippen LogP contribution in [0.2, 0.25) is 0 Å². The second kappa shape index (κ2) is 5.66. The first-order valence-electron chi connectivity index (χ1n) is 6.13. The fourth-order valence-electron chi connectivity index (χ4n) is 1.94. The lowest BCUT2D eigenvalue weighted by Gasteiger charge is -2.06. The zero-order chi connectivity index (χ0) is 16.5. The molecule has 6 nitrogen and oxygen atoms in total. The van der Waals surface area contributed by atoms with Crippen molar-refractivity contribution >= 4 is 17.3 Å². The van der Waals surface area contributed by atoms with Gasteiger partial charge >= 0.3 is 12.1 Å². The molecule has 2 aromatic rings. The van der Waals surface area contributed by atoms with Gasteiger partial charge in [-0.25, -0.2) is 0 Å². The van der Waals surface area contributed by atoms with E-state index in [1.54, 1.807) is 0 Å². The number of ether oxygens (including phenoxy) is 1. The van der Waals surface area contributed by atoms with Crippen molar-refractivity contribution in [1.82, 2.24) is 9.61 Å². The zero-order valence-corrected chi connectivity index (χ0v) is 11.3. The number of fused-ring (bicyclic) bond motifs is 1. The van der Waals surface area contributed by atoms with Gasteiger partial charge in [0.2, 0.25) is 5.88 Å². The molecule has 0 spiro atoms. The van der Waals surface area contributed by atoms with Gasteiger partial charge in [-0.15, -0.1) is 0 Å². The van der Waals surface area contributed by atoms with E-state index in [1.807, 2.05) is 0 Å². The van der Waals surface area contributed by atoms with Crippen molar-refractivity contribution in [2.45, 2.75) is 19.0 Å². The quantitative estimate of drug-likeness (QED) is 0.857. The number of carbonyl (C=O) groups excluding carboxylic acids is 1. The first kappa shape index (κ1) is 15.8. The van der Waals surface area contributed by atoms with Crippen LogP contribution >= 0.6 is 0 Å². The molecule has 2 heterocycles. The van der Waals surface area contributed by atoms with Gasteiger partial charge < -0.3 is 9.84 Å². The summed E-state index contributed by atoms with van der Waals surface area (Å²) in [6.45, 7) is 0. The van der Waals surface area contributed by atoms with E-state index in [1.165, 1.54) is 19.2 Å². The molecule has 0 radical (unpaired) electrons. The lowest BCUT2D eigenvalue weighted by molar-refractivity contribution is -0.141. The number of Topliss-reactive ketones (excluding diaryl/α,β-unsaturated/α-hetero) is 1. The van der Waals surface area contributed by atoms with Crippen LogP contribution in [0.25, 0.3) is 5.52 Å².